The van der Waals surface area contributed by atoms with Gasteiger partial charge in [-0.2, -0.15) is 0 Å². The maximum Gasteiger partial charge on any atom is 0.153 e. The molecule has 1 fully saturated rings. The predicted molar refractivity (Wildman–Crippen MR) is 33.9 cm³/mol. The molecule has 1 aliphatic heterocycles. The lowest BCUT2D eigenvalue weighted by molar-refractivity contribution is 0.0884. The van der Waals surface area contributed by atoms with Crippen molar-refractivity contribution in [2.45, 2.75) is 18.9 Å². The highest BCUT2D eigenvalue weighted by atomic mass is 32.2. The highest BCUT2D eigenvalue weighted by molar-refractivity contribution is 7.91. The van der Waals surface area contributed by atoms with Gasteiger partial charge in [0.2, 0.25) is 0 Å². The molecule has 0 aromatic rings. The van der Waals surface area contributed by atoms with Gasteiger partial charge in [0, 0.05) is 0 Å². The Kier molecular flexibility index (Phi) is 1.33. The summed E-state index contributed by atoms with van der Waals surface area (Å²) in [6, 6.07) is 0. The van der Waals surface area contributed by atoms with E-state index in [4.69, 9.17) is 5.11 Å². The first kappa shape index (κ1) is 7.02. The summed E-state index contributed by atoms with van der Waals surface area (Å²) in [4.78, 5) is 0. The fraction of sp³-hybridized carbons (Fsp3) is 1.00. The lowest BCUT2D eigenvalue weighted by Gasteiger charge is -2.10. The van der Waals surface area contributed by atoms with Crippen LogP contribution in [-0.4, -0.2) is 30.6 Å². The van der Waals surface area contributed by atoms with Crippen molar-refractivity contribution in [3.8, 4) is 0 Å². The van der Waals surface area contributed by atoms with Crippen LogP contribution in [0.15, 0.2) is 0 Å². The average Bonchev–Trinajstić information content (AvgIpc) is 1.78. The topological polar surface area (TPSA) is 54.4 Å². The number of rotatable bonds is 0. The minimum atomic E-state index is -2.90. The molecule has 9 heavy (non-hydrogen) atoms. The van der Waals surface area contributed by atoms with Gasteiger partial charge in [-0.1, -0.05) is 0 Å². The van der Waals surface area contributed by atoms with E-state index in [-0.39, 0.29) is 11.5 Å². The minimum Gasteiger partial charge on any atom is -0.389 e. The van der Waals surface area contributed by atoms with Crippen molar-refractivity contribution in [3.05, 3.63) is 0 Å². The maximum absolute atomic E-state index is 10.7. The molecule has 0 aromatic carbocycles. The zero-order valence-corrected chi connectivity index (χ0v) is 6.11. The predicted octanol–water partition coefficient (Wildman–Crippen LogP) is -0.444. The molecule has 1 N–H and O–H groups in total. The van der Waals surface area contributed by atoms with Crippen molar-refractivity contribution < 1.29 is 13.5 Å². The Balaban J connectivity index is 2.81. The Morgan fingerprint density at radius 2 is 2.11 bits per heavy atom. The van der Waals surface area contributed by atoms with Crippen molar-refractivity contribution in [1.29, 1.82) is 0 Å². The number of sulfone groups is 1. The fourth-order valence-corrected chi connectivity index (χ4v) is 2.98. The number of hydrogen-bond acceptors (Lipinski definition) is 3. The summed E-state index contributed by atoms with van der Waals surface area (Å²) in [5.74, 6) is 0.0694. The van der Waals surface area contributed by atoms with Crippen LogP contribution in [0.2, 0.25) is 0 Å². The van der Waals surface area contributed by atoms with E-state index in [1.807, 2.05) is 0 Å². The largest absolute Gasteiger partial charge is 0.389 e. The van der Waals surface area contributed by atoms with Crippen molar-refractivity contribution in [2.24, 2.45) is 0 Å². The van der Waals surface area contributed by atoms with Gasteiger partial charge >= 0.3 is 0 Å². The molecule has 1 rings (SSSR count). The first-order chi connectivity index (χ1) is 3.91. The molecule has 0 aliphatic carbocycles. The molecule has 0 unspecified atom stereocenters. The highest BCUT2D eigenvalue weighted by Crippen LogP contribution is 2.21. The monoisotopic (exact) mass is 150 g/mol. The van der Waals surface area contributed by atoms with E-state index in [9.17, 15) is 8.42 Å². The van der Waals surface area contributed by atoms with Gasteiger partial charge in [0.1, 0.15) is 0 Å². The summed E-state index contributed by atoms with van der Waals surface area (Å²) < 4.78 is 21.4. The molecule has 0 spiro atoms. The van der Waals surface area contributed by atoms with Crippen LogP contribution in [0.5, 0.6) is 0 Å². The van der Waals surface area contributed by atoms with Gasteiger partial charge in [-0.3, -0.25) is 0 Å². The second kappa shape index (κ2) is 1.70. The van der Waals surface area contributed by atoms with Crippen molar-refractivity contribution in [2.75, 3.05) is 11.5 Å². The highest BCUT2D eigenvalue weighted by Gasteiger charge is 2.35. The SMILES string of the molecule is C[C@]1(O)CCS(=O)(=O)C1. The molecule has 3 nitrogen and oxygen atoms in total. The second-order valence-electron chi connectivity index (χ2n) is 2.84. The summed E-state index contributed by atoms with van der Waals surface area (Å²) in [6.45, 7) is 1.55. The molecule has 0 radical (unpaired) electrons. The smallest absolute Gasteiger partial charge is 0.153 e. The Labute approximate surface area is 54.6 Å². The molecule has 54 valence electrons. The second-order valence-corrected chi connectivity index (χ2v) is 5.02. The normalized spacial score (nSPS) is 41.1. The summed E-state index contributed by atoms with van der Waals surface area (Å²) in [5.41, 5.74) is -0.959. The van der Waals surface area contributed by atoms with Gasteiger partial charge in [-0.05, 0) is 13.3 Å². The quantitative estimate of drug-likeness (QED) is 0.509. The average molecular weight is 150 g/mol. The zero-order valence-electron chi connectivity index (χ0n) is 5.29. The van der Waals surface area contributed by atoms with Gasteiger partial charge in [-0.25, -0.2) is 8.42 Å². The first-order valence-corrected chi connectivity index (χ1v) is 4.66. The Bertz CT molecular complexity index is 202. The summed E-state index contributed by atoms with van der Waals surface area (Å²) >= 11 is 0. The summed E-state index contributed by atoms with van der Waals surface area (Å²) in [5, 5.41) is 9.15. The Morgan fingerprint density at radius 1 is 1.56 bits per heavy atom. The number of hydrogen-bond donors (Lipinski definition) is 1. The first-order valence-electron chi connectivity index (χ1n) is 2.84. The van der Waals surface area contributed by atoms with E-state index in [0.29, 0.717) is 6.42 Å². The lowest BCUT2D eigenvalue weighted by atomic mass is 10.1. The van der Waals surface area contributed by atoms with Crippen LogP contribution in [0.25, 0.3) is 0 Å². The van der Waals surface area contributed by atoms with Gasteiger partial charge in [0.15, 0.2) is 9.84 Å². The number of aliphatic hydroxyl groups is 1. The Morgan fingerprint density at radius 3 is 2.22 bits per heavy atom. The third-order valence-electron chi connectivity index (χ3n) is 1.48. The molecule has 0 aromatic heterocycles. The van der Waals surface area contributed by atoms with Crippen LogP contribution in [0.1, 0.15) is 13.3 Å². The fourth-order valence-electron chi connectivity index (χ4n) is 0.993. The van der Waals surface area contributed by atoms with Crippen molar-refractivity contribution >= 4 is 9.84 Å². The van der Waals surface area contributed by atoms with E-state index >= 15 is 0 Å². The molecular weight excluding hydrogens is 140 g/mol. The van der Waals surface area contributed by atoms with Crippen LogP contribution < -0.4 is 0 Å². The molecule has 1 atom stereocenters. The molecule has 0 bridgehead atoms. The molecule has 0 amide bonds. The van der Waals surface area contributed by atoms with Crippen LogP contribution in [0.4, 0.5) is 0 Å². The molecule has 1 saturated heterocycles. The molecular formula is C5H10O3S. The standard InChI is InChI=1S/C5H10O3S/c1-5(6)2-3-9(7,8)4-5/h6H,2-4H2,1H3/t5-/m0/s1. The summed E-state index contributed by atoms with van der Waals surface area (Å²) in [6.07, 6.45) is 0.384. The van der Waals surface area contributed by atoms with Crippen LogP contribution in [0, 0.1) is 0 Å². The molecule has 0 saturated carbocycles. The minimum absolute atomic E-state index is 0.0694. The lowest BCUT2D eigenvalue weighted by Crippen LogP contribution is -2.24. The van der Waals surface area contributed by atoms with Crippen LogP contribution in [-0.2, 0) is 9.84 Å². The van der Waals surface area contributed by atoms with E-state index in [2.05, 4.69) is 0 Å². The van der Waals surface area contributed by atoms with E-state index < -0.39 is 15.4 Å². The third-order valence-corrected chi connectivity index (χ3v) is 3.37. The molecule has 4 heteroatoms. The van der Waals surface area contributed by atoms with Gasteiger partial charge in [-0.15, -0.1) is 0 Å². The summed E-state index contributed by atoms with van der Waals surface area (Å²) in [7, 11) is -2.90. The zero-order chi connectivity index (χ0) is 7.12. The van der Waals surface area contributed by atoms with E-state index in [1.54, 1.807) is 6.92 Å². The van der Waals surface area contributed by atoms with Crippen LogP contribution in [0.3, 0.4) is 0 Å². The van der Waals surface area contributed by atoms with Crippen molar-refractivity contribution in [1.82, 2.24) is 0 Å². The maximum atomic E-state index is 10.7. The van der Waals surface area contributed by atoms with Gasteiger partial charge in [0.25, 0.3) is 0 Å². The molecule has 1 heterocycles. The Hall–Kier alpha value is -0.0900. The van der Waals surface area contributed by atoms with Crippen LogP contribution >= 0.6 is 0 Å². The van der Waals surface area contributed by atoms with E-state index in [0.717, 1.165) is 0 Å². The third kappa shape index (κ3) is 1.66. The molecule has 1 aliphatic rings. The van der Waals surface area contributed by atoms with Gasteiger partial charge in [0.05, 0.1) is 17.1 Å². The van der Waals surface area contributed by atoms with E-state index in [1.165, 1.54) is 0 Å². The van der Waals surface area contributed by atoms with Gasteiger partial charge < -0.3 is 5.11 Å². The van der Waals surface area contributed by atoms with Crippen molar-refractivity contribution in [3.63, 3.8) is 0 Å².